The minimum atomic E-state index is -4.51. The Hall–Kier alpha value is -3.08. The maximum absolute atomic E-state index is 13.3. The highest BCUT2D eigenvalue weighted by atomic mass is 32.1. The molecule has 0 bridgehead atoms. The van der Waals surface area contributed by atoms with E-state index in [1.165, 1.54) is 23.5 Å². The molecule has 2 saturated heterocycles. The van der Waals surface area contributed by atoms with Crippen LogP contribution in [0.4, 0.5) is 29.3 Å². The van der Waals surface area contributed by atoms with Crippen LogP contribution in [0.15, 0.2) is 36.2 Å². The molecule has 7 nitrogen and oxygen atoms in total. The fraction of sp³-hybridized carbons (Fsp3) is 0.458. The van der Waals surface area contributed by atoms with Crippen LogP contribution in [0.1, 0.15) is 52.7 Å². The van der Waals surface area contributed by atoms with Gasteiger partial charge in [-0.15, -0.1) is 11.3 Å². The number of alkyl halides is 3. The quantitative estimate of drug-likeness (QED) is 0.521. The zero-order valence-corrected chi connectivity index (χ0v) is 20.0. The molecule has 35 heavy (non-hydrogen) atoms. The summed E-state index contributed by atoms with van der Waals surface area (Å²) in [5, 5.41) is 5.06. The largest absolute Gasteiger partial charge is 0.445 e. The monoisotopic (exact) mass is 508 g/mol. The van der Waals surface area contributed by atoms with Crippen molar-refractivity contribution in [2.75, 3.05) is 43.0 Å². The highest BCUT2D eigenvalue weighted by molar-refractivity contribution is 7.10. The number of piperidine rings is 1. The molecule has 1 N–H and O–H groups in total. The van der Waals surface area contributed by atoms with E-state index < -0.39 is 17.6 Å². The number of thiazole rings is 1. The molecule has 1 aromatic carbocycles. The van der Waals surface area contributed by atoms with Gasteiger partial charge in [-0.25, -0.2) is 9.78 Å². The van der Waals surface area contributed by atoms with Crippen molar-refractivity contribution < 1.29 is 27.5 Å². The molecule has 1 aromatic heterocycles. The first-order valence-corrected chi connectivity index (χ1v) is 12.4. The number of halogens is 3. The highest BCUT2D eigenvalue weighted by Gasteiger charge is 2.32. The highest BCUT2D eigenvalue weighted by Crippen LogP contribution is 2.37. The zero-order chi connectivity index (χ0) is 25.0. The Morgan fingerprint density at radius 1 is 1.20 bits per heavy atom. The van der Waals surface area contributed by atoms with E-state index in [1.807, 2.05) is 4.90 Å². The number of ether oxygens (including phenoxy) is 1. The summed E-state index contributed by atoms with van der Waals surface area (Å²) in [6.07, 6.45) is -0.0973. The summed E-state index contributed by atoms with van der Waals surface area (Å²) in [4.78, 5) is 33.0. The molecule has 0 atom stereocenters. The van der Waals surface area contributed by atoms with Gasteiger partial charge in [0.25, 0.3) is 5.91 Å². The number of amides is 2. The van der Waals surface area contributed by atoms with E-state index in [4.69, 9.17) is 4.74 Å². The van der Waals surface area contributed by atoms with Crippen LogP contribution in [0.3, 0.4) is 0 Å². The third kappa shape index (κ3) is 5.95. The van der Waals surface area contributed by atoms with Gasteiger partial charge >= 0.3 is 12.3 Å². The molecule has 3 heterocycles. The summed E-state index contributed by atoms with van der Waals surface area (Å²) in [6, 6.07) is 3.45. The molecule has 0 saturated carbocycles. The predicted octanol–water partition coefficient (Wildman–Crippen LogP) is 5.52. The number of carbonyl (C=O) groups excluding carboxylic acids is 2. The van der Waals surface area contributed by atoms with E-state index in [9.17, 15) is 22.8 Å². The summed E-state index contributed by atoms with van der Waals surface area (Å²) in [6.45, 7) is 6.19. The van der Waals surface area contributed by atoms with Crippen molar-refractivity contribution in [1.29, 1.82) is 0 Å². The Labute approximate surface area is 205 Å². The summed E-state index contributed by atoms with van der Waals surface area (Å²) in [5.41, 5.74) is 0.0679. The number of aromatic nitrogens is 1. The summed E-state index contributed by atoms with van der Waals surface area (Å²) in [7, 11) is 0. The van der Waals surface area contributed by atoms with Crippen LogP contribution in [0, 0.1) is 0 Å². The second kappa shape index (κ2) is 10.7. The topological polar surface area (TPSA) is 74.8 Å². The molecule has 0 unspecified atom stereocenters. The fourth-order valence-electron chi connectivity index (χ4n) is 4.34. The first kappa shape index (κ1) is 25.0. The molecule has 4 rings (SSSR count). The molecule has 0 spiro atoms. The number of nitrogens with zero attached hydrogens (tertiary/aromatic N) is 3. The van der Waals surface area contributed by atoms with Crippen LogP contribution in [0.2, 0.25) is 0 Å². The smallest absolute Gasteiger partial charge is 0.416 e. The molecule has 2 aliphatic rings. The van der Waals surface area contributed by atoms with Gasteiger partial charge in [-0.05, 0) is 43.9 Å². The van der Waals surface area contributed by atoms with Gasteiger partial charge in [0.15, 0.2) is 0 Å². The van der Waals surface area contributed by atoms with Crippen molar-refractivity contribution in [3.05, 3.63) is 52.5 Å². The van der Waals surface area contributed by atoms with Crippen LogP contribution in [-0.2, 0) is 10.9 Å². The van der Waals surface area contributed by atoms with E-state index in [0.29, 0.717) is 31.6 Å². The van der Waals surface area contributed by atoms with Gasteiger partial charge in [-0.2, -0.15) is 13.2 Å². The lowest BCUT2D eigenvalue weighted by molar-refractivity contribution is -0.137. The third-order valence-corrected chi connectivity index (χ3v) is 7.21. The van der Waals surface area contributed by atoms with Crippen molar-refractivity contribution in [3.63, 3.8) is 0 Å². The van der Waals surface area contributed by atoms with E-state index in [0.717, 1.165) is 43.1 Å². The van der Waals surface area contributed by atoms with Gasteiger partial charge in [0.2, 0.25) is 0 Å². The van der Waals surface area contributed by atoms with Crippen LogP contribution < -0.4 is 10.2 Å². The van der Waals surface area contributed by atoms with Crippen LogP contribution >= 0.6 is 11.3 Å². The van der Waals surface area contributed by atoms with E-state index >= 15 is 0 Å². The molecule has 0 aliphatic carbocycles. The SMILES string of the molecule is C=CCOC(=O)N1CCC(c2nc(C(=O)Nc3cc(C(F)(F)F)ccc3N3CCCC3)cs2)CC1. The number of carbonyl (C=O) groups is 2. The van der Waals surface area contributed by atoms with Gasteiger partial charge in [0.1, 0.15) is 12.3 Å². The standard InChI is InChI=1S/C24H27F3N4O3S/c1-2-13-34-23(33)31-11-7-16(8-12-31)22-29-19(15-35-22)21(32)28-18-14-17(24(25,26)27)5-6-20(18)30-9-3-4-10-30/h2,5-6,14-16H,1,3-4,7-13H2,(H,28,32). The van der Waals surface area contributed by atoms with E-state index in [1.54, 1.807) is 10.3 Å². The molecular weight excluding hydrogens is 481 g/mol. The van der Waals surface area contributed by atoms with Crippen molar-refractivity contribution >= 4 is 34.7 Å². The van der Waals surface area contributed by atoms with Gasteiger partial charge in [0.05, 0.1) is 21.9 Å². The first-order chi connectivity index (χ1) is 16.8. The number of anilines is 2. The molecule has 2 fully saturated rings. The average Bonchev–Trinajstić information content (AvgIpc) is 3.55. The average molecular weight is 509 g/mol. The minimum Gasteiger partial charge on any atom is -0.445 e. The Morgan fingerprint density at radius 3 is 2.57 bits per heavy atom. The lowest BCUT2D eigenvalue weighted by Crippen LogP contribution is -2.38. The molecule has 11 heteroatoms. The van der Waals surface area contributed by atoms with Crippen LogP contribution in [-0.4, -0.2) is 54.7 Å². The number of benzene rings is 1. The fourth-order valence-corrected chi connectivity index (χ4v) is 5.31. The summed E-state index contributed by atoms with van der Waals surface area (Å²) < 4.78 is 45.0. The number of hydrogen-bond donors (Lipinski definition) is 1. The second-order valence-electron chi connectivity index (χ2n) is 8.58. The molecule has 2 aromatic rings. The van der Waals surface area contributed by atoms with Crippen molar-refractivity contribution in [3.8, 4) is 0 Å². The van der Waals surface area contributed by atoms with Crippen molar-refractivity contribution in [1.82, 2.24) is 9.88 Å². The Bertz CT molecular complexity index is 1070. The first-order valence-electron chi connectivity index (χ1n) is 11.5. The Balaban J connectivity index is 1.44. The second-order valence-corrected chi connectivity index (χ2v) is 9.47. The van der Waals surface area contributed by atoms with Crippen molar-refractivity contribution in [2.45, 2.75) is 37.8 Å². The predicted molar refractivity (Wildman–Crippen MR) is 128 cm³/mol. The maximum atomic E-state index is 13.3. The normalized spacial score (nSPS) is 16.9. The van der Waals surface area contributed by atoms with Crippen molar-refractivity contribution in [2.24, 2.45) is 0 Å². The summed E-state index contributed by atoms with van der Waals surface area (Å²) >= 11 is 1.35. The van der Waals surface area contributed by atoms with Gasteiger partial charge in [-0.3, -0.25) is 4.79 Å². The lowest BCUT2D eigenvalue weighted by Gasteiger charge is -2.30. The molecule has 188 valence electrons. The molecular formula is C24H27F3N4O3S. The van der Waals surface area contributed by atoms with E-state index in [2.05, 4.69) is 16.9 Å². The number of nitrogens with one attached hydrogen (secondary N) is 1. The molecule has 2 amide bonds. The van der Waals surface area contributed by atoms with E-state index in [-0.39, 0.29) is 30.0 Å². The molecule has 0 radical (unpaired) electrons. The minimum absolute atomic E-state index is 0.0960. The molecule has 2 aliphatic heterocycles. The Kier molecular flexibility index (Phi) is 7.63. The lowest BCUT2D eigenvalue weighted by atomic mass is 9.98. The van der Waals surface area contributed by atoms with Crippen LogP contribution in [0.5, 0.6) is 0 Å². The number of likely N-dealkylation sites (tertiary alicyclic amines) is 1. The van der Waals surface area contributed by atoms with Crippen LogP contribution in [0.25, 0.3) is 0 Å². The van der Waals surface area contributed by atoms with Gasteiger partial charge in [0, 0.05) is 37.5 Å². The number of hydrogen-bond acceptors (Lipinski definition) is 6. The Morgan fingerprint density at radius 2 is 1.91 bits per heavy atom. The summed E-state index contributed by atoms with van der Waals surface area (Å²) in [5.74, 6) is -0.448. The van der Waals surface area contributed by atoms with Gasteiger partial charge < -0.3 is 19.9 Å². The third-order valence-electron chi connectivity index (χ3n) is 6.20. The number of rotatable bonds is 6. The zero-order valence-electron chi connectivity index (χ0n) is 19.1. The maximum Gasteiger partial charge on any atom is 0.416 e. The van der Waals surface area contributed by atoms with Gasteiger partial charge in [-0.1, -0.05) is 12.7 Å².